The largest absolute Gasteiger partial charge is 0.294 e. The van der Waals surface area contributed by atoms with Crippen LogP contribution in [0.4, 0.5) is 0 Å². The fourth-order valence-electron chi connectivity index (χ4n) is 3.88. The van der Waals surface area contributed by atoms with Crippen LogP contribution in [0.1, 0.15) is 86.2 Å². The van der Waals surface area contributed by atoms with Crippen molar-refractivity contribution in [2.45, 2.75) is 71.1 Å². The Balaban J connectivity index is 1.45. The number of unbranched alkanes of at least 4 members (excludes halogenated alkanes) is 7. The molecule has 0 atom stereocenters. The summed E-state index contributed by atoms with van der Waals surface area (Å²) in [5, 5.41) is 0. The van der Waals surface area contributed by atoms with E-state index in [1.165, 1.54) is 67.2 Å². The smallest absolute Gasteiger partial charge is 0.162 e. The van der Waals surface area contributed by atoms with Crippen LogP contribution in [0.15, 0.2) is 42.5 Å². The van der Waals surface area contributed by atoms with Crippen LogP contribution < -0.4 is 0 Å². The van der Waals surface area contributed by atoms with Gasteiger partial charge in [-0.05, 0) is 41.2 Å². The number of hydrogen-bond donors (Lipinski definition) is 0. The van der Waals surface area contributed by atoms with Crippen molar-refractivity contribution in [1.82, 2.24) is 0 Å². The van der Waals surface area contributed by atoms with Crippen molar-refractivity contribution in [2.75, 3.05) is 0 Å². The summed E-state index contributed by atoms with van der Waals surface area (Å²) in [6, 6.07) is 14.9. The molecule has 0 spiro atoms. The third-order valence-corrected chi connectivity index (χ3v) is 5.37. The number of carbonyl (C=O) groups excluding carboxylic acids is 1. The zero-order chi connectivity index (χ0) is 17.5. The average Bonchev–Trinajstić information content (AvgIpc) is 3.01. The average molecular weight is 335 g/mol. The Bertz CT molecular complexity index is 714. The predicted octanol–water partition coefficient (Wildman–Crippen LogP) is 6.97. The summed E-state index contributed by atoms with van der Waals surface area (Å²) in [5.41, 5.74) is 6.22. The lowest BCUT2D eigenvalue weighted by Gasteiger charge is -2.05. The van der Waals surface area contributed by atoms with Gasteiger partial charge < -0.3 is 0 Å². The third kappa shape index (κ3) is 4.60. The topological polar surface area (TPSA) is 17.1 Å². The first kappa shape index (κ1) is 17.9. The first-order valence-electron chi connectivity index (χ1n) is 10.0. The molecule has 0 amide bonds. The van der Waals surface area contributed by atoms with Gasteiger partial charge in [-0.15, -0.1) is 0 Å². The highest BCUT2D eigenvalue weighted by Gasteiger charge is 2.19. The summed E-state index contributed by atoms with van der Waals surface area (Å²) in [6.45, 7) is 2.25. The van der Waals surface area contributed by atoms with E-state index in [9.17, 15) is 4.79 Å². The first-order valence-corrected chi connectivity index (χ1v) is 10.0. The molecule has 0 heterocycles. The monoisotopic (exact) mass is 334 g/mol. The van der Waals surface area contributed by atoms with Crippen LogP contribution >= 0.6 is 0 Å². The SMILES string of the molecule is CCCCCCCCCCC(=O)c1ccc2c(c1)Cc1ccccc1-2. The van der Waals surface area contributed by atoms with Crippen LogP contribution in [0.2, 0.25) is 0 Å². The molecule has 1 nitrogen and oxygen atoms in total. The van der Waals surface area contributed by atoms with Crippen LogP contribution in [-0.4, -0.2) is 5.78 Å². The van der Waals surface area contributed by atoms with E-state index in [0.717, 1.165) is 18.4 Å². The highest BCUT2D eigenvalue weighted by Crippen LogP contribution is 2.36. The number of benzene rings is 2. The van der Waals surface area contributed by atoms with Crippen molar-refractivity contribution in [1.29, 1.82) is 0 Å². The summed E-state index contributed by atoms with van der Waals surface area (Å²) < 4.78 is 0. The van der Waals surface area contributed by atoms with Crippen LogP contribution in [0, 0.1) is 0 Å². The van der Waals surface area contributed by atoms with Crippen molar-refractivity contribution in [2.24, 2.45) is 0 Å². The Morgan fingerprint density at radius 2 is 1.48 bits per heavy atom. The molecule has 3 rings (SSSR count). The maximum Gasteiger partial charge on any atom is 0.162 e. The molecule has 132 valence electrons. The number of Topliss-reactive ketones (excluding diaryl/α,β-unsaturated/α-hetero) is 1. The Labute approximate surface area is 152 Å². The van der Waals surface area contributed by atoms with Gasteiger partial charge in [0, 0.05) is 12.0 Å². The zero-order valence-corrected chi connectivity index (χ0v) is 15.5. The first-order chi connectivity index (χ1) is 12.3. The van der Waals surface area contributed by atoms with Gasteiger partial charge in [-0.2, -0.15) is 0 Å². The van der Waals surface area contributed by atoms with E-state index >= 15 is 0 Å². The maximum absolute atomic E-state index is 12.5. The van der Waals surface area contributed by atoms with Crippen molar-refractivity contribution in [3.8, 4) is 11.1 Å². The molecule has 1 aliphatic carbocycles. The molecule has 0 bridgehead atoms. The lowest BCUT2D eigenvalue weighted by molar-refractivity contribution is 0.0979. The van der Waals surface area contributed by atoms with Crippen molar-refractivity contribution in [3.05, 3.63) is 59.2 Å². The molecular formula is C24H30O. The van der Waals surface area contributed by atoms with E-state index in [0.29, 0.717) is 12.2 Å². The van der Waals surface area contributed by atoms with Gasteiger partial charge in [0.05, 0.1) is 0 Å². The second-order valence-electron chi connectivity index (χ2n) is 7.35. The number of ketones is 1. The molecular weight excluding hydrogens is 304 g/mol. The minimum atomic E-state index is 0.310. The molecule has 0 radical (unpaired) electrons. The second-order valence-corrected chi connectivity index (χ2v) is 7.35. The normalized spacial score (nSPS) is 12.0. The molecule has 0 fully saturated rings. The Kier molecular flexibility index (Phi) is 6.44. The van der Waals surface area contributed by atoms with Gasteiger partial charge in [-0.25, -0.2) is 0 Å². The second kappa shape index (κ2) is 8.99. The highest BCUT2D eigenvalue weighted by molar-refractivity contribution is 5.97. The molecule has 0 saturated heterocycles. The quantitative estimate of drug-likeness (QED) is 0.289. The van der Waals surface area contributed by atoms with Crippen molar-refractivity contribution < 1.29 is 4.79 Å². The number of rotatable bonds is 10. The van der Waals surface area contributed by atoms with Crippen LogP contribution in [0.3, 0.4) is 0 Å². The van der Waals surface area contributed by atoms with Crippen LogP contribution in [0.5, 0.6) is 0 Å². The van der Waals surface area contributed by atoms with E-state index < -0.39 is 0 Å². The van der Waals surface area contributed by atoms with Crippen molar-refractivity contribution >= 4 is 5.78 Å². The van der Waals surface area contributed by atoms with Gasteiger partial charge in [-0.3, -0.25) is 4.79 Å². The molecule has 0 aliphatic heterocycles. The maximum atomic E-state index is 12.5. The fraction of sp³-hybridized carbons (Fsp3) is 0.458. The minimum absolute atomic E-state index is 0.310. The van der Waals surface area contributed by atoms with Gasteiger partial charge in [0.1, 0.15) is 0 Å². The molecule has 1 heteroatoms. The van der Waals surface area contributed by atoms with E-state index in [2.05, 4.69) is 43.3 Å². The number of fused-ring (bicyclic) bond motifs is 3. The van der Waals surface area contributed by atoms with Crippen LogP contribution in [-0.2, 0) is 6.42 Å². The lowest BCUT2D eigenvalue weighted by Crippen LogP contribution is -2.00. The third-order valence-electron chi connectivity index (χ3n) is 5.37. The molecule has 0 aromatic heterocycles. The number of hydrogen-bond acceptors (Lipinski definition) is 1. The summed E-state index contributed by atoms with van der Waals surface area (Å²) in [6.07, 6.45) is 11.9. The molecule has 2 aromatic rings. The van der Waals surface area contributed by atoms with Gasteiger partial charge in [0.25, 0.3) is 0 Å². The standard InChI is InChI=1S/C24H30O/c1-2-3-4-5-6-7-8-9-14-24(25)20-15-16-23-21(18-20)17-19-12-10-11-13-22(19)23/h10-13,15-16,18H,2-9,14,17H2,1H3. The zero-order valence-electron chi connectivity index (χ0n) is 15.5. The van der Waals surface area contributed by atoms with E-state index in [1.807, 2.05) is 6.07 Å². The molecule has 0 saturated carbocycles. The lowest BCUT2D eigenvalue weighted by atomic mass is 9.98. The molecule has 0 N–H and O–H groups in total. The van der Waals surface area contributed by atoms with Gasteiger partial charge >= 0.3 is 0 Å². The summed E-state index contributed by atoms with van der Waals surface area (Å²) in [5.74, 6) is 0.310. The molecule has 2 aromatic carbocycles. The Hall–Kier alpha value is -1.89. The summed E-state index contributed by atoms with van der Waals surface area (Å²) in [4.78, 5) is 12.5. The van der Waals surface area contributed by atoms with Gasteiger partial charge in [0.2, 0.25) is 0 Å². The number of carbonyl (C=O) groups is 1. The highest BCUT2D eigenvalue weighted by atomic mass is 16.1. The molecule has 0 unspecified atom stereocenters. The van der Waals surface area contributed by atoms with E-state index in [1.54, 1.807) is 0 Å². The summed E-state index contributed by atoms with van der Waals surface area (Å²) >= 11 is 0. The Morgan fingerprint density at radius 1 is 0.800 bits per heavy atom. The van der Waals surface area contributed by atoms with Crippen molar-refractivity contribution in [3.63, 3.8) is 0 Å². The van der Waals surface area contributed by atoms with Gasteiger partial charge in [0.15, 0.2) is 5.78 Å². The predicted molar refractivity (Wildman–Crippen MR) is 106 cm³/mol. The Morgan fingerprint density at radius 3 is 2.28 bits per heavy atom. The van der Waals surface area contributed by atoms with E-state index in [-0.39, 0.29) is 0 Å². The minimum Gasteiger partial charge on any atom is -0.294 e. The molecule has 25 heavy (non-hydrogen) atoms. The molecule has 1 aliphatic rings. The van der Waals surface area contributed by atoms with Gasteiger partial charge in [-0.1, -0.05) is 88.3 Å². The van der Waals surface area contributed by atoms with E-state index in [4.69, 9.17) is 0 Å². The fourth-order valence-corrected chi connectivity index (χ4v) is 3.88. The van der Waals surface area contributed by atoms with Crippen LogP contribution in [0.25, 0.3) is 11.1 Å². The summed E-state index contributed by atoms with van der Waals surface area (Å²) in [7, 11) is 0.